The van der Waals surface area contributed by atoms with Gasteiger partial charge in [0.2, 0.25) is 0 Å². The SMILES string of the molecule is CC(NCCS)C(=O)O. The molecule has 0 saturated heterocycles. The summed E-state index contributed by atoms with van der Waals surface area (Å²) in [6.07, 6.45) is 0. The first-order chi connectivity index (χ1) is 4.18. The van der Waals surface area contributed by atoms with E-state index in [1.807, 2.05) is 0 Å². The highest BCUT2D eigenvalue weighted by Gasteiger charge is 2.07. The van der Waals surface area contributed by atoms with Crippen molar-refractivity contribution < 1.29 is 9.90 Å². The minimum Gasteiger partial charge on any atom is -0.480 e. The first-order valence-corrected chi connectivity index (χ1v) is 3.38. The number of nitrogens with one attached hydrogen (secondary N) is 1. The van der Waals surface area contributed by atoms with Crippen LogP contribution in [0.4, 0.5) is 0 Å². The third-order valence-corrected chi connectivity index (χ3v) is 1.16. The van der Waals surface area contributed by atoms with Crippen molar-refractivity contribution in [2.24, 2.45) is 0 Å². The van der Waals surface area contributed by atoms with E-state index in [4.69, 9.17) is 5.11 Å². The van der Waals surface area contributed by atoms with E-state index in [0.29, 0.717) is 12.3 Å². The molecule has 54 valence electrons. The van der Waals surface area contributed by atoms with Gasteiger partial charge in [-0.05, 0) is 6.92 Å². The van der Waals surface area contributed by atoms with E-state index >= 15 is 0 Å². The van der Waals surface area contributed by atoms with E-state index in [1.54, 1.807) is 6.92 Å². The van der Waals surface area contributed by atoms with Crippen LogP contribution >= 0.6 is 12.6 Å². The molecule has 0 aromatic rings. The highest BCUT2D eigenvalue weighted by atomic mass is 32.1. The lowest BCUT2D eigenvalue weighted by atomic mass is 10.3. The van der Waals surface area contributed by atoms with Gasteiger partial charge in [0.05, 0.1) is 0 Å². The Bertz CT molecular complexity index is 97.0. The molecule has 0 amide bonds. The second-order valence-corrected chi connectivity index (χ2v) is 2.18. The average molecular weight is 149 g/mol. The molecule has 3 nitrogen and oxygen atoms in total. The molecule has 0 aliphatic rings. The maximum Gasteiger partial charge on any atom is 0.320 e. The summed E-state index contributed by atoms with van der Waals surface area (Å²) >= 11 is 3.91. The van der Waals surface area contributed by atoms with Crippen molar-refractivity contribution >= 4 is 18.6 Å². The van der Waals surface area contributed by atoms with E-state index in [0.717, 1.165) is 0 Å². The minimum atomic E-state index is -0.822. The van der Waals surface area contributed by atoms with Crippen molar-refractivity contribution in [3.05, 3.63) is 0 Å². The predicted octanol–water partition coefficient (Wildman–Crippen LogP) is -0.0211. The van der Waals surface area contributed by atoms with Crippen LogP contribution < -0.4 is 5.32 Å². The Morgan fingerprint density at radius 1 is 1.89 bits per heavy atom. The Kier molecular flexibility index (Phi) is 4.53. The van der Waals surface area contributed by atoms with Gasteiger partial charge in [0.25, 0.3) is 0 Å². The van der Waals surface area contributed by atoms with Crippen LogP contribution in [0.2, 0.25) is 0 Å². The Morgan fingerprint density at radius 3 is 2.78 bits per heavy atom. The third-order valence-electron chi connectivity index (χ3n) is 0.933. The van der Waals surface area contributed by atoms with Crippen LogP contribution in [0.3, 0.4) is 0 Å². The molecule has 0 aromatic heterocycles. The highest BCUT2D eigenvalue weighted by molar-refractivity contribution is 7.80. The zero-order valence-corrected chi connectivity index (χ0v) is 6.19. The lowest BCUT2D eigenvalue weighted by molar-refractivity contribution is -0.138. The number of rotatable bonds is 4. The zero-order chi connectivity index (χ0) is 7.28. The van der Waals surface area contributed by atoms with Gasteiger partial charge in [-0.2, -0.15) is 12.6 Å². The molecule has 0 spiro atoms. The molecule has 0 rings (SSSR count). The van der Waals surface area contributed by atoms with Crippen LogP contribution in [0.5, 0.6) is 0 Å². The van der Waals surface area contributed by atoms with E-state index in [1.165, 1.54) is 0 Å². The van der Waals surface area contributed by atoms with Crippen LogP contribution in [-0.2, 0) is 4.79 Å². The molecule has 9 heavy (non-hydrogen) atoms. The van der Waals surface area contributed by atoms with Crippen molar-refractivity contribution in [3.8, 4) is 0 Å². The largest absolute Gasteiger partial charge is 0.480 e. The molecule has 0 saturated carbocycles. The molecular weight excluding hydrogens is 138 g/mol. The first-order valence-electron chi connectivity index (χ1n) is 2.75. The third kappa shape index (κ3) is 4.29. The second kappa shape index (κ2) is 4.64. The summed E-state index contributed by atoms with van der Waals surface area (Å²) in [4.78, 5) is 10.1. The van der Waals surface area contributed by atoms with Crippen LogP contribution in [0, 0.1) is 0 Å². The Hall–Kier alpha value is -0.220. The van der Waals surface area contributed by atoms with E-state index in [-0.39, 0.29) is 0 Å². The summed E-state index contributed by atoms with van der Waals surface area (Å²) in [5, 5.41) is 11.1. The van der Waals surface area contributed by atoms with E-state index in [9.17, 15) is 4.79 Å². The number of carboxylic acid groups (broad SMARTS) is 1. The lowest BCUT2D eigenvalue weighted by Gasteiger charge is -2.05. The molecule has 0 fully saturated rings. The van der Waals surface area contributed by atoms with Crippen LogP contribution in [-0.4, -0.2) is 29.4 Å². The standard InChI is InChI=1S/C5H11NO2S/c1-4(5(7)8)6-2-3-9/h4,6,9H,2-3H2,1H3,(H,7,8). The fourth-order valence-corrected chi connectivity index (χ4v) is 0.497. The van der Waals surface area contributed by atoms with E-state index < -0.39 is 12.0 Å². The molecule has 0 radical (unpaired) electrons. The van der Waals surface area contributed by atoms with Crippen molar-refractivity contribution in [3.63, 3.8) is 0 Å². The Morgan fingerprint density at radius 2 is 2.44 bits per heavy atom. The van der Waals surface area contributed by atoms with Crippen LogP contribution in [0.1, 0.15) is 6.92 Å². The van der Waals surface area contributed by atoms with Gasteiger partial charge < -0.3 is 10.4 Å². The smallest absolute Gasteiger partial charge is 0.320 e. The van der Waals surface area contributed by atoms with E-state index in [2.05, 4.69) is 17.9 Å². The number of thiol groups is 1. The predicted molar refractivity (Wildman–Crippen MR) is 39.0 cm³/mol. The van der Waals surface area contributed by atoms with Gasteiger partial charge in [-0.3, -0.25) is 4.79 Å². The fourth-order valence-electron chi connectivity index (χ4n) is 0.368. The molecule has 1 atom stereocenters. The number of hydrogen-bond donors (Lipinski definition) is 3. The lowest BCUT2D eigenvalue weighted by Crippen LogP contribution is -2.34. The average Bonchev–Trinajstić information content (AvgIpc) is 1.82. The molecule has 0 aromatic carbocycles. The molecule has 0 aliphatic heterocycles. The number of aliphatic carboxylic acids is 1. The molecule has 0 heterocycles. The van der Waals surface area contributed by atoms with Crippen LogP contribution in [0.25, 0.3) is 0 Å². The van der Waals surface area contributed by atoms with Crippen molar-refractivity contribution in [1.82, 2.24) is 5.32 Å². The van der Waals surface area contributed by atoms with Gasteiger partial charge in [-0.1, -0.05) is 0 Å². The van der Waals surface area contributed by atoms with Gasteiger partial charge in [0, 0.05) is 12.3 Å². The molecule has 4 heteroatoms. The molecule has 2 N–H and O–H groups in total. The maximum absolute atomic E-state index is 10.1. The van der Waals surface area contributed by atoms with Gasteiger partial charge >= 0.3 is 5.97 Å². The molecule has 0 aliphatic carbocycles. The summed E-state index contributed by atoms with van der Waals surface area (Å²) in [6.45, 7) is 2.24. The number of hydrogen-bond acceptors (Lipinski definition) is 3. The summed E-state index contributed by atoms with van der Waals surface area (Å²) < 4.78 is 0. The quantitative estimate of drug-likeness (QED) is 0.492. The number of carboxylic acids is 1. The second-order valence-electron chi connectivity index (χ2n) is 1.74. The Balaban J connectivity index is 3.27. The highest BCUT2D eigenvalue weighted by Crippen LogP contribution is 1.79. The monoisotopic (exact) mass is 149 g/mol. The first kappa shape index (κ1) is 8.78. The van der Waals surface area contributed by atoms with Gasteiger partial charge in [-0.15, -0.1) is 0 Å². The Labute approximate surface area is 59.9 Å². The van der Waals surface area contributed by atoms with Gasteiger partial charge in [0.1, 0.15) is 6.04 Å². The summed E-state index contributed by atoms with van der Waals surface area (Å²) in [7, 11) is 0. The summed E-state index contributed by atoms with van der Waals surface area (Å²) in [6, 6.07) is -0.461. The van der Waals surface area contributed by atoms with Crippen molar-refractivity contribution in [2.75, 3.05) is 12.3 Å². The van der Waals surface area contributed by atoms with Gasteiger partial charge in [0.15, 0.2) is 0 Å². The fraction of sp³-hybridized carbons (Fsp3) is 0.800. The van der Waals surface area contributed by atoms with Crippen molar-refractivity contribution in [2.45, 2.75) is 13.0 Å². The molecule has 1 unspecified atom stereocenters. The normalized spacial score (nSPS) is 13.1. The minimum absolute atomic E-state index is 0.461. The summed E-state index contributed by atoms with van der Waals surface area (Å²) in [5.74, 6) is -0.158. The number of carbonyl (C=O) groups is 1. The van der Waals surface area contributed by atoms with Gasteiger partial charge in [-0.25, -0.2) is 0 Å². The van der Waals surface area contributed by atoms with Crippen molar-refractivity contribution in [1.29, 1.82) is 0 Å². The topological polar surface area (TPSA) is 49.3 Å². The summed E-state index contributed by atoms with van der Waals surface area (Å²) in [5.41, 5.74) is 0. The zero-order valence-electron chi connectivity index (χ0n) is 5.29. The molecular formula is C5H11NO2S. The maximum atomic E-state index is 10.1. The van der Waals surface area contributed by atoms with Crippen LogP contribution in [0.15, 0.2) is 0 Å². The molecule has 0 bridgehead atoms.